The molecule has 1 saturated heterocycles. The van der Waals surface area contributed by atoms with Crippen molar-refractivity contribution in [1.82, 2.24) is 10.2 Å². The molecular weight excluding hydrogens is 233 g/mol. The smallest absolute Gasteiger partial charge is 0.340 e. The van der Waals surface area contributed by atoms with E-state index in [1.165, 1.54) is 0 Å². The van der Waals surface area contributed by atoms with Gasteiger partial charge in [-0.2, -0.15) is 13.2 Å². The van der Waals surface area contributed by atoms with Gasteiger partial charge in [-0.05, 0) is 32.9 Å². The lowest BCUT2D eigenvalue weighted by Crippen LogP contribution is -2.46. The van der Waals surface area contributed by atoms with E-state index in [0.717, 1.165) is 25.9 Å². The number of halogens is 3. The van der Waals surface area contributed by atoms with Gasteiger partial charge in [0.1, 0.15) is 0 Å². The molecule has 0 aromatic heterocycles. The van der Waals surface area contributed by atoms with Gasteiger partial charge in [-0.25, -0.2) is 0 Å². The number of alkyl halides is 3. The molecule has 1 amide bonds. The van der Waals surface area contributed by atoms with Gasteiger partial charge in [0.2, 0.25) is 5.91 Å². The van der Waals surface area contributed by atoms with Crippen LogP contribution < -0.4 is 5.32 Å². The predicted octanol–water partition coefficient (Wildman–Crippen LogP) is 1.93. The Kier molecular flexibility index (Phi) is 5.24. The first-order valence-electron chi connectivity index (χ1n) is 6.01. The Bertz CT molecular complexity index is 250. The molecule has 0 saturated carbocycles. The van der Waals surface area contributed by atoms with Gasteiger partial charge in [-0.15, -0.1) is 0 Å². The highest BCUT2D eigenvalue weighted by Gasteiger charge is 2.30. The standard InChI is InChI=1S/C11H19F3N2O/c1-2-16(9-4-7-15-8-5-9)10(17)3-6-11(12,13)14/h9,15H,2-8H2,1H3. The first-order chi connectivity index (χ1) is 7.94. The molecule has 0 bridgehead atoms. The SMILES string of the molecule is CCN(C(=O)CCC(F)(F)F)C1CCNCC1. The lowest BCUT2D eigenvalue weighted by Gasteiger charge is -2.34. The Labute approximate surface area is 99.4 Å². The zero-order valence-corrected chi connectivity index (χ0v) is 10.0. The highest BCUT2D eigenvalue weighted by Crippen LogP contribution is 2.23. The summed E-state index contributed by atoms with van der Waals surface area (Å²) in [6, 6.07) is 0.0991. The second-order valence-electron chi connectivity index (χ2n) is 4.28. The minimum absolute atomic E-state index is 0.0991. The summed E-state index contributed by atoms with van der Waals surface area (Å²) in [4.78, 5) is 13.3. The monoisotopic (exact) mass is 252 g/mol. The van der Waals surface area contributed by atoms with Crippen LogP contribution in [0.25, 0.3) is 0 Å². The maximum absolute atomic E-state index is 12.0. The number of hydrogen-bond donors (Lipinski definition) is 1. The van der Waals surface area contributed by atoms with E-state index >= 15 is 0 Å². The summed E-state index contributed by atoms with van der Waals surface area (Å²) in [5.41, 5.74) is 0. The second kappa shape index (κ2) is 6.23. The van der Waals surface area contributed by atoms with E-state index < -0.39 is 19.0 Å². The Morgan fingerprint density at radius 2 is 1.94 bits per heavy atom. The summed E-state index contributed by atoms with van der Waals surface area (Å²) in [5, 5.41) is 3.17. The normalized spacial score (nSPS) is 18.1. The number of rotatable bonds is 4. The fourth-order valence-electron chi connectivity index (χ4n) is 2.15. The van der Waals surface area contributed by atoms with Crippen LogP contribution in [0.4, 0.5) is 13.2 Å². The quantitative estimate of drug-likeness (QED) is 0.829. The van der Waals surface area contributed by atoms with E-state index in [1.807, 2.05) is 6.92 Å². The van der Waals surface area contributed by atoms with E-state index in [-0.39, 0.29) is 11.9 Å². The Balaban J connectivity index is 2.45. The molecule has 1 rings (SSSR count). The molecule has 1 N–H and O–H groups in total. The van der Waals surface area contributed by atoms with Crippen molar-refractivity contribution in [2.45, 2.75) is 44.8 Å². The summed E-state index contributed by atoms with van der Waals surface area (Å²) in [5.74, 6) is -0.378. The number of piperidine rings is 1. The molecule has 0 atom stereocenters. The number of nitrogens with one attached hydrogen (secondary N) is 1. The fraction of sp³-hybridized carbons (Fsp3) is 0.909. The molecule has 0 aromatic rings. The van der Waals surface area contributed by atoms with Crippen molar-refractivity contribution in [3.05, 3.63) is 0 Å². The zero-order valence-electron chi connectivity index (χ0n) is 10.0. The summed E-state index contributed by atoms with van der Waals surface area (Å²) in [6.07, 6.45) is -4.05. The zero-order chi connectivity index (χ0) is 12.9. The summed E-state index contributed by atoms with van der Waals surface area (Å²) in [6.45, 7) is 3.95. The van der Waals surface area contributed by atoms with Gasteiger partial charge in [-0.1, -0.05) is 0 Å². The molecule has 0 unspecified atom stereocenters. The molecule has 0 spiro atoms. The van der Waals surface area contributed by atoms with Gasteiger partial charge >= 0.3 is 6.18 Å². The van der Waals surface area contributed by atoms with Gasteiger partial charge in [0.15, 0.2) is 0 Å². The summed E-state index contributed by atoms with van der Waals surface area (Å²) in [7, 11) is 0. The lowest BCUT2D eigenvalue weighted by atomic mass is 10.0. The maximum Gasteiger partial charge on any atom is 0.389 e. The lowest BCUT2D eigenvalue weighted by molar-refractivity contribution is -0.150. The van der Waals surface area contributed by atoms with E-state index in [1.54, 1.807) is 4.90 Å². The third-order valence-corrected chi connectivity index (χ3v) is 3.03. The molecule has 1 aliphatic heterocycles. The molecule has 17 heavy (non-hydrogen) atoms. The van der Waals surface area contributed by atoms with Crippen LogP contribution in [-0.4, -0.2) is 42.7 Å². The van der Waals surface area contributed by atoms with Crippen molar-refractivity contribution in [1.29, 1.82) is 0 Å². The molecule has 0 aliphatic carbocycles. The second-order valence-corrected chi connectivity index (χ2v) is 4.28. The van der Waals surface area contributed by atoms with Gasteiger partial charge in [0, 0.05) is 19.0 Å². The van der Waals surface area contributed by atoms with E-state index in [0.29, 0.717) is 6.54 Å². The molecule has 1 heterocycles. The minimum atomic E-state index is -4.25. The molecule has 3 nitrogen and oxygen atoms in total. The third kappa shape index (κ3) is 4.93. The van der Waals surface area contributed by atoms with Gasteiger partial charge < -0.3 is 10.2 Å². The Hall–Kier alpha value is -0.780. The first-order valence-corrected chi connectivity index (χ1v) is 6.01. The van der Waals surface area contributed by atoms with Gasteiger partial charge in [0.25, 0.3) is 0 Å². The molecule has 0 radical (unpaired) electrons. The van der Waals surface area contributed by atoms with E-state index in [2.05, 4.69) is 5.32 Å². The number of amides is 1. The number of carbonyl (C=O) groups is 1. The maximum atomic E-state index is 12.0. The highest BCUT2D eigenvalue weighted by molar-refractivity contribution is 5.76. The average Bonchev–Trinajstić information content (AvgIpc) is 2.28. The topological polar surface area (TPSA) is 32.3 Å². The average molecular weight is 252 g/mol. The van der Waals surface area contributed by atoms with Crippen molar-refractivity contribution >= 4 is 5.91 Å². The van der Waals surface area contributed by atoms with Crippen LogP contribution in [0.15, 0.2) is 0 Å². The van der Waals surface area contributed by atoms with E-state index in [9.17, 15) is 18.0 Å². The van der Waals surface area contributed by atoms with E-state index in [4.69, 9.17) is 0 Å². The van der Waals surface area contributed by atoms with Crippen molar-refractivity contribution in [3.8, 4) is 0 Å². The van der Waals surface area contributed by atoms with Crippen LogP contribution in [0.3, 0.4) is 0 Å². The number of nitrogens with zero attached hydrogens (tertiary/aromatic N) is 1. The number of carbonyl (C=O) groups excluding carboxylic acids is 1. The Morgan fingerprint density at radius 3 is 2.41 bits per heavy atom. The molecule has 100 valence electrons. The van der Waals surface area contributed by atoms with Crippen molar-refractivity contribution in [2.75, 3.05) is 19.6 Å². The van der Waals surface area contributed by atoms with Crippen LogP contribution in [0.2, 0.25) is 0 Å². The van der Waals surface area contributed by atoms with Crippen molar-refractivity contribution < 1.29 is 18.0 Å². The number of hydrogen-bond acceptors (Lipinski definition) is 2. The van der Waals surface area contributed by atoms with Crippen LogP contribution in [0.5, 0.6) is 0 Å². The van der Waals surface area contributed by atoms with Crippen molar-refractivity contribution in [2.24, 2.45) is 0 Å². The van der Waals surface area contributed by atoms with Crippen LogP contribution >= 0.6 is 0 Å². The minimum Gasteiger partial charge on any atom is -0.340 e. The predicted molar refractivity (Wildman–Crippen MR) is 58.6 cm³/mol. The summed E-state index contributed by atoms with van der Waals surface area (Å²) < 4.78 is 36.1. The van der Waals surface area contributed by atoms with Crippen molar-refractivity contribution in [3.63, 3.8) is 0 Å². The molecule has 6 heteroatoms. The molecule has 1 fully saturated rings. The van der Waals surface area contributed by atoms with Crippen LogP contribution in [0.1, 0.15) is 32.6 Å². The molecule has 0 aromatic carbocycles. The van der Waals surface area contributed by atoms with Crippen LogP contribution in [-0.2, 0) is 4.79 Å². The highest BCUT2D eigenvalue weighted by atomic mass is 19.4. The van der Waals surface area contributed by atoms with Gasteiger partial charge in [0.05, 0.1) is 6.42 Å². The Morgan fingerprint density at radius 1 is 1.35 bits per heavy atom. The molecular formula is C11H19F3N2O. The third-order valence-electron chi connectivity index (χ3n) is 3.03. The fourth-order valence-corrected chi connectivity index (χ4v) is 2.15. The largest absolute Gasteiger partial charge is 0.389 e. The summed E-state index contributed by atoms with van der Waals surface area (Å²) >= 11 is 0. The first kappa shape index (κ1) is 14.3. The van der Waals surface area contributed by atoms with Crippen LogP contribution in [0, 0.1) is 0 Å². The van der Waals surface area contributed by atoms with Gasteiger partial charge in [-0.3, -0.25) is 4.79 Å². The molecule has 1 aliphatic rings.